The molecule has 1 atom stereocenters. The molecule has 1 aliphatic heterocycles. The number of carbonyl (C=O) groups excluding carboxylic acids is 2. The number of anilines is 1. The van der Waals surface area contributed by atoms with Gasteiger partial charge in [-0.15, -0.1) is 0 Å². The summed E-state index contributed by atoms with van der Waals surface area (Å²) < 4.78 is 5.09. The van der Waals surface area contributed by atoms with Crippen molar-refractivity contribution in [3.05, 3.63) is 24.3 Å². The highest BCUT2D eigenvalue weighted by molar-refractivity contribution is 5.94. The molecular formula is C17H25N3O3. The van der Waals surface area contributed by atoms with Gasteiger partial charge in [0.05, 0.1) is 7.11 Å². The van der Waals surface area contributed by atoms with Gasteiger partial charge in [0.2, 0.25) is 5.91 Å². The molecule has 3 amide bonds. The Morgan fingerprint density at radius 2 is 2.00 bits per heavy atom. The fraction of sp³-hybridized carbons (Fsp3) is 0.529. The van der Waals surface area contributed by atoms with Crippen LogP contribution in [0.15, 0.2) is 24.3 Å². The predicted octanol–water partition coefficient (Wildman–Crippen LogP) is 2.46. The smallest absolute Gasteiger partial charge is 0.322 e. The van der Waals surface area contributed by atoms with E-state index >= 15 is 0 Å². The molecule has 0 spiro atoms. The molecule has 1 aromatic rings. The van der Waals surface area contributed by atoms with E-state index in [1.54, 1.807) is 36.3 Å². The number of hydrogen-bond donors (Lipinski definition) is 2. The summed E-state index contributed by atoms with van der Waals surface area (Å²) in [7, 11) is 1.60. The summed E-state index contributed by atoms with van der Waals surface area (Å²) in [5.74, 6) is 1.05. The van der Waals surface area contributed by atoms with Gasteiger partial charge in [-0.3, -0.25) is 4.79 Å². The van der Waals surface area contributed by atoms with E-state index in [-0.39, 0.29) is 18.0 Å². The van der Waals surface area contributed by atoms with Gasteiger partial charge in [0.1, 0.15) is 11.8 Å². The Kier molecular flexibility index (Phi) is 5.84. The number of rotatable bonds is 5. The van der Waals surface area contributed by atoms with E-state index in [1.165, 1.54) is 0 Å². The molecule has 0 aliphatic carbocycles. The van der Waals surface area contributed by atoms with Gasteiger partial charge in [-0.1, -0.05) is 13.8 Å². The molecule has 0 aromatic heterocycles. The molecule has 1 saturated heterocycles. The molecule has 0 saturated carbocycles. The van der Waals surface area contributed by atoms with Gasteiger partial charge in [-0.05, 0) is 43.0 Å². The Morgan fingerprint density at radius 3 is 2.61 bits per heavy atom. The molecule has 6 heteroatoms. The minimum absolute atomic E-state index is 0.0684. The fourth-order valence-electron chi connectivity index (χ4n) is 2.57. The number of benzene rings is 1. The topological polar surface area (TPSA) is 70.7 Å². The van der Waals surface area contributed by atoms with Gasteiger partial charge in [0.25, 0.3) is 0 Å². The van der Waals surface area contributed by atoms with Crippen molar-refractivity contribution >= 4 is 17.6 Å². The third-order valence-electron chi connectivity index (χ3n) is 3.84. The summed E-state index contributed by atoms with van der Waals surface area (Å²) >= 11 is 0. The molecule has 2 rings (SSSR count). The van der Waals surface area contributed by atoms with Gasteiger partial charge < -0.3 is 20.3 Å². The minimum Gasteiger partial charge on any atom is -0.497 e. The first-order valence-electron chi connectivity index (χ1n) is 8.00. The van der Waals surface area contributed by atoms with E-state index in [4.69, 9.17) is 4.74 Å². The highest BCUT2D eigenvalue weighted by Crippen LogP contribution is 2.20. The SMILES string of the molecule is COc1ccc(NC(=O)N2CCC[C@H]2C(=O)NCC(C)C)cc1. The number of ether oxygens (including phenoxy) is 1. The van der Waals surface area contributed by atoms with Gasteiger partial charge in [0.15, 0.2) is 0 Å². The Bertz CT molecular complexity index is 543. The van der Waals surface area contributed by atoms with E-state index in [1.807, 2.05) is 13.8 Å². The van der Waals surface area contributed by atoms with Crippen molar-refractivity contribution < 1.29 is 14.3 Å². The second-order valence-corrected chi connectivity index (χ2v) is 6.15. The fourth-order valence-corrected chi connectivity index (χ4v) is 2.57. The van der Waals surface area contributed by atoms with Crippen molar-refractivity contribution in [2.24, 2.45) is 5.92 Å². The average Bonchev–Trinajstić information content (AvgIpc) is 3.03. The first-order chi connectivity index (χ1) is 11.0. The molecule has 1 heterocycles. The van der Waals surface area contributed by atoms with E-state index < -0.39 is 0 Å². The molecular weight excluding hydrogens is 294 g/mol. The van der Waals surface area contributed by atoms with Crippen LogP contribution in [0.2, 0.25) is 0 Å². The molecule has 6 nitrogen and oxygen atoms in total. The van der Waals surface area contributed by atoms with Crippen molar-refractivity contribution in [3.8, 4) is 5.75 Å². The van der Waals surface area contributed by atoms with Crippen LogP contribution in [-0.2, 0) is 4.79 Å². The largest absolute Gasteiger partial charge is 0.497 e. The number of likely N-dealkylation sites (tertiary alicyclic amines) is 1. The molecule has 0 unspecified atom stereocenters. The lowest BCUT2D eigenvalue weighted by Gasteiger charge is -2.24. The summed E-state index contributed by atoms with van der Waals surface area (Å²) in [5.41, 5.74) is 0.684. The zero-order valence-electron chi connectivity index (χ0n) is 14.0. The highest BCUT2D eigenvalue weighted by atomic mass is 16.5. The molecule has 0 radical (unpaired) electrons. The molecule has 2 N–H and O–H groups in total. The summed E-state index contributed by atoms with van der Waals surface area (Å²) in [6.07, 6.45) is 1.55. The number of amides is 3. The lowest BCUT2D eigenvalue weighted by Crippen LogP contribution is -2.48. The maximum absolute atomic E-state index is 12.4. The maximum Gasteiger partial charge on any atom is 0.322 e. The third-order valence-corrected chi connectivity index (χ3v) is 3.84. The van der Waals surface area contributed by atoms with Gasteiger partial charge in [-0.25, -0.2) is 4.79 Å². The highest BCUT2D eigenvalue weighted by Gasteiger charge is 2.34. The van der Waals surface area contributed by atoms with Gasteiger partial charge in [0, 0.05) is 18.8 Å². The Balaban J connectivity index is 1.95. The van der Waals surface area contributed by atoms with Crippen molar-refractivity contribution in [2.45, 2.75) is 32.7 Å². The summed E-state index contributed by atoms with van der Waals surface area (Å²) in [6, 6.07) is 6.50. The zero-order valence-corrected chi connectivity index (χ0v) is 14.0. The van der Waals surface area contributed by atoms with Crippen molar-refractivity contribution in [3.63, 3.8) is 0 Å². The number of methoxy groups -OCH3 is 1. The lowest BCUT2D eigenvalue weighted by molar-refractivity contribution is -0.124. The van der Waals surface area contributed by atoms with E-state index in [2.05, 4.69) is 10.6 Å². The van der Waals surface area contributed by atoms with Crippen molar-refractivity contribution in [1.82, 2.24) is 10.2 Å². The van der Waals surface area contributed by atoms with Crippen LogP contribution in [0.1, 0.15) is 26.7 Å². The molecule has 0 bridgehead atoms. The second-order valence-electron chi connectivity index (χ2n) is 6.15. The number of hydrogen-bond acceptors (Lipinski definition) is 3. The first kappa shape index (κ1) is 17.1. The molecule has 1 aromatic carbocycles. The van der Waals surface area contributed by atoms with Crippen LogP contribution in [0.25, 0.3) is 0 Å². The second kappa shape index (κ2) is 7.85. The van der Waals surface area contributed by atoms with Crippen LogP contribution in [0.4, 0.5) is 10.5 Å². The quantitative estimate of drug-likeness (QED) is 0.876. The number of nitrogens with zero attached hydrogens (tertiary/aromatic N) is 1. The minimum atomic E-state index is -0.382. The lowest BCUT2D eigenvalue weighted by atomic mass is 10.2. The van der Waals surface area contributed by atoms with Crippen LogP contribution >= 0.6 is 0 Å². The number of carbonyl (C=O) groups is 2. The van der Waals surface area contributed by atoms with E-state index in [0.717, 1.165) is 12.2 Å². The summed E-state index contributed by atoms with van der Waals surface area (Å²) in [6.45, 7) is 5.32. The van der Waals surface area contributed by atoms with Crippen LogP contribution in [-0.4, -0.2) is 43.1 Å². The van der Waals surface area contributed by atoms with Crippen LogP contribution in [0.5, 0.6) is 5.75 Å². The molecule has 23 heavy (non-hydrogen) atoms. The summed E-state index contributed by atoms with van der Waals surface area (Å²) in [5, 5.41) is 5.75. The van der Waals surface area contributed by atoms with E-state index in [0.29, 0.717) is 31.1 Å². The van der Waals surface area contributed by atoms with Crippen molar-refractivity contribution in [2.75, 3.05) is 25.5 Å². The summed E-state index contributed by atoms with van der Waals surface area (Å²) in [4.78, 5) is 26.3. The molecule has 1 fully saturated rings. The number of urea groups is 1. The van der Waals surface area contributed by atoms with Crippen molar-refractivity contribution in [1.29, 1.82) is 0 Å². The maximum atomic E-state index is 12.4. The van der Waals surface area contributed by atoms with Crippen LogP contribution < -0.4 is 15.4 Å². The average molecular weight is 319 g/mol. The van der Waals surface area contributed by atoms with Crippen LogP contribution in [0, 0.1) is 5.92 Å². The van der Waals surface area contributed by atoms with E-state index in [9.17, 15) is 9.59 Å². The van der Waals surface area contributed by atoms with Gasteiger partial charge >= 0.3 is 6.03 Å². The standard InChI is InChI=1S/C17H25N3O3/c1-12(2)11-18-16(21)15-5-4-10-20(15)17(22)19-13-6-8-14(23-3)9-7-13/h6-9,12,15H,4-5,10-11H2,1-3H3,(H,18,21)(H,19,22)/t15-/m0/s1. The monoisotopic (exact) mass is 319 g/mol. The Labute approximate surface area is 137 Å². The third kappa shape index (κ3) is 4.61. The van der Waals surface area contributed by atoms with Crippen LogP contribution in [0.3, 0.4) is 0 Å². The molecule has 126 valence electrons. The number of nitrogens with one attached hydrogen (secondary N) is 2. The Morgan fingerprint density at radius 1 is 1.30 bits per heavy atom. The zero-order chi connectivity index (χ0) is 16.8. The normalized spacial score (nSPS) is 17.2. The first-order valence-corrected chi connectivity index (χ1v) is 8.00. The molecule has 1 aliphatic rings. The predicted molar refractivity (Wildman–Crippen MR) is 89.6 cm³/mol. The van der Waals surface area contributed by atoms with Gasteiger partial charge in [-0.2, -0.15) is 0 Å². The Hall–Kier alpha value is -2.24.